The predicted octanol–water partition coefficient (Wildman–Crippen LogP) is 1.27. The van der Waals surface area contributed by atoms with Gasteiger partial charge in [-0.25, -0.2) is 0 Å². The van der Waals surface area contributed by atoms with Crippen LogP contribution in [-0.4, -0.2) is 23.7 Å². The van der Waals surface area contributed by atoms with E-state index in [1.54, 1.807) is 0 Å². The minimum Gasteiger partial charge on any atom is -0.310 e. The van der Waals surface area contributed by atoms with Crippen molar-refractivity contribution < 1.29 is 9.59 Å². The Morgan fingerprint density at radius 2 is 1.64 bits per heavy atom. The van der Waals surface area contributed by atoms with Crippen molar-refractivity contribution in [3.63, 3.8) is 0 Å². The first kappa shape index (κ1) is 13.9. The molecular formula is C9H15Cl2NO2. The van der Waals surface area contributed by atoms with Crippen LogP contribution in [0.4, 0.5) is 0 Å². The van der Waals surface area contributed by atoms with Crippen molar-refractivity contribution in [3.05, 3.63) is 0 Å². The molecule has 5 heteroatoms. The van der Waals surface area contributed by atoms with Gasteiger partial charge in [0.05, 0.1) is 6.42 Å². The van der Waals surface area contributed by atoms with E-state index >= 15 is 0 Å². The van der Waals surface area contributed by atoms with Gasteiger partial charge in [0.1, 0.15) is 11.6 Å². The maximum Gasteiger partial charge on any atom is 0.142 e. The summed E-state index contributed by atoms with van der Waals surface area (Å²) in [5.74, 6) is 0.223. The Kier molecular flexibility index (Phi) is 5.06. The molecule has 1 spiro atoms. The fourth-order valence-corrected chi connectivity index (χ4v) is 2.33. The van der Waals surface area contributed by atoms with Crippen molar-refractivity contribution in [2.75, 3.05) is 6.54 Å². The zero-order valence-electron chi connectivity index (χ0n) is 7.88. The average Bonchev–Trinajstić information content (AvgIpc) is 2.33. The second-order valence-electron chi connectivity index (χ2n) is 3.92. The highest BCUT2D eigenvalue weighted by atomic mass is 35.5. The molecule has 1 heterocycles. The SMILES string of the molecule is Cl.Cl.O=C1CC(=O)CC2(CCCN2)C1. The van der Waals surface area contributed by atoms with Gasteiger partial charge in [0.25, 0.3) is 0 Å². The Balaban J connectivity index is 0.000000845. The Labute approximate surface area is 95.8 Å². The summed E-state index contributed by atoms with van der Waals surface area (Å²) in [5, 5.41) is 3.29. The minimum absolute atomic E-state index is 0. The molecule has 2 rings (SSSR count). The van der Waals surface area contributed by atoms with Gasteiger partial charge in [0, 0.05) is 18.4 Å². The van der Waals surface area contributed by atoms with Crippen LogP contribution < -0.4 is 5.32 Å². The summed E-state index contributed by atoms with van der Waals surface area (Å²) in [6.45, 7) is 0.959. The zero-order valence-corrected chi connectivity index (χ0v) is 9.51. The van der Waals surface area contributed by atoms with Crippen molar-refractivity contribution in [2.24, 2.45) is 0 Å². The number of ketones is 2. The Morgan fingerprint density at radius 1 is 1.07 bits per heavy atom. The van der Waals surface area contributed by atoms with Crippen LogP contribution in [0.2, 0.25) is 0 Å². The molecular weight excluding hydrogens is 225 g/mol. The van der Waals surface area contributed by atoms with Crippen LogP contribution in [0.15, 0.2) is 0 Å². The van der Waals surface area contributed by atoms with E-state index in [4.69, 9.17) is 0 Å². The fourth-order valence-electron chi connectivity index (χ4n) is 2.33. The first-order chi connectivity index (χ1) is 5.70. The normalized spacial score (nSPS) is 24.3. The monoisotopic (exact) mass is 239 g/mol. The van der Waals surface area contributed by atoms with Gasteiger partial charge in [-0.15, -0.1) is 24.8 Å². The molecule has 2 aliphatic rings. The first-order valence-electron chi connectivity index (χ1n) is 4.49. The molecule has 0 amide bonds. The molecule has 0 unspecified atom stereocenters. The maximum absolute atomic E-state index is 11.2. The van der Waals surface area contributed by atoms with Gasteiger partial charge in [0.2, 0.25) is 0 Å². The second kappa shape index (κ2) is 5.10. The summed E-state index contributed by atoms with van der Waals surface area (Å²) >= 11 is 0. The molecule has 0 aromatic heterocycles. The quantitative estimate of drug-likeness (QED) is 0.648. The highest BCUT2D eigenvalue weighted by Gasteiger charge is 2.41. The molecule has 1 saturated heterocycles. The molecule has 0 bridgehead atoms. The number of nitrogens with one attached hydrogen (secondary N) is 1. The largest absolute Gasteiger partial charge is 0.310 e. The van der Waals surface area contributed by atoms with Crippen molar-refractivity contribution in [1.29, 1.82) is 0 Å². The number of Topliss-reactive ketones (excluding diaryl/α,β-unsaturated/α-hetero) is 2. The third-order valence-corrected chi connectivity index (χ3v) is 2.80. The zero-order chi connectivity index (χ0) is 8.60. The van der Waals surface area contributed by atoms with Gasteiger partial charge in [-0.05, 0) is 19.4 Å². The fraction of sp³-hybridized carbons (Fsp3) is 0.778. The van der Waals surface area contributed by atoms with Gasteiger partial charge in [-0.3, -0.25) is 9.59 Å². The third kappa shape index (κ3) is 2.69. The minimum atomic E-state index is -0.133. The summed E-state index contributed by atoms with van der Waals surface area (Å²) in [6.07, 6.45) is 3.39. The Bertz CT molecular complexity index is 219. The lowest BCUT2D eigenvalue weighted by Crippen LogP contribution is -2.47. The molecule has 1 N–H and O–H groups in total. The van der Waals surface area contributed by atoms with E-state index in [1.807, 2.05) is 0 Å². The Hall–Kier alpha value is -0.120. The molecule has 2 fully saturated rings. The van der Waals surface area contributed by atoms with Crippen LogP contribution in [-0.2, 0) is 9.59 Å². The predicted molar refractivity (Wildman–Crippen MR) is 58.3 cm³/mol. The highest BCUT2D eigenvalue weighted by Crippen LogP contribution is 2.31. The Morgan fingerprint density at radius 3 is 2.07 bits per heavy atom. The van der Waals surface area contributed by atoms with Crippen LogP contribution in [0, 0.1) is 0 Å². The third-order valence-electron chi connectivity index (χ3n) is 2.80. The number of carbonyl (C=O) groups is 2. The van der Waals surface area contributed by atoms with E-state index < -0.39 is 0 Å². The van der Waals surface area contributed by atoms with Gasteiger partial charge < -0.3 is 5.32 Å². The molecule has 14 heavy (non-hydrogen) atoms. The average molecular weight is 240 g/mol. The number of hydrogen-bond acceptors (Lipinski definition) is 3. The van der Waals surface area contributed by atoms with E-state index in [-0.39, 0.29) is 48.3 Å². The van der Waals surface area contributed by atoms with E-state index in [9.17, 15) is 9.59 Å². The van der Waals surface area contributed by atoms with Crippen LogP contribution in [0.25, 0.3) is 0 Å². The highest BCUT2D eigenvalue weighted by molar-refractivity contribution is 6.02. The van der Waals surface area contributed by atoms with Gasteiger partial charge in [-0.2, -0.15) is 0 Å². The number of hydrogen-bond donors (Lipinski definition) is 1. The maximum atomic E-state index is 11.2. The summed E-state index contributed by atoms with van der Waals surface area (Å²) in [7, 11) is 0. The van der Waals surface area contributed by atoms with E-state index in [0.717, 1.165) is 19.4 Å². The van der Waals surface area contributed by atoms with E-state index in [2.05, 4.69) is 5.32 Å². The summed E-state index contributed by atoms with van der Waals surface area (Å²) in [5.41, 5.74) is -0.133. The van der Waals surface area contributed by atoms with Gasteiger partial charge >= 0.3 is 0 Å². The molecule has 1 aliphatic carbocycles. The van der Waals surface area contributed by atoms with Crippen molar-refractivity contribution in [2.45, 2.75) is 37.6 Å². The van der Waals surface area contributed by atoms with Crippen molar-refractivity contribution in [3.8, 4) is 0 Å². The summed E-state index contributed by atoms with van der Waals surface area (Å²) in [6, 6.07) is 0. The first-order valence-corrected chi connectivity index (χ1v) is 4.49. The van der Waals surface area contributed by atoms with Crippen LogP contribution in [0.3, 0.4) is 0 Å². The molecule has 0 atom stereocenters. The lowest BCUT2D eigenvalue weighted by Gasteiger charge is -2.31. The standard InChI is InChI=1S/C9H13NO2.2ClH/c11-7-4-8(12)6-9(5-7)2-1-3-10-9;;/h10H,1-6H2;2*1H. The summed E-state index contributed by atoms with van der Waals surface area (Å²) in [4.78, 5) is 22.3. The topological polar surface area (TPSA) is 46.2 Å². The molecule has 1 saturated carbocycles. The van der Waals surface area contributed by atoms with E-state index in [1.165, 1.54) is 0 Å². The molecule has 0 aromatic carbocycles. The number of rotatable bonds is 0. The smallest absolute Gasteiger partial charge is 0.142 e. The molecule has 0 radical (unpaired) electrons. The molecule has 82 valence electrons. The van der Waals surface area contributed by atoms with Crippen LogP contribution in [0.1, 0.15) is 32.1 Å². The lowest BCUT2D eigenvalue weighted by molar-refractivity contribution is -0.132. The second-order valence-corrected chi connectivity index (χ2v) is 3.92. The molecule has 0 aromatic rings. The molecule has 1 aliphatic heterocycles. The van der Waals surface area contributed by atoms with Gasteiger partial charge in [-0.1, -0.05) is 0 Å². The lowest BCUT2D eigenvalue weighted by atomic mass is 9.79. The van der Waals surface area contributed by atoms with Crippen molar-refractivity contribution >= 4 is 36.4 Å². The van der Waals surface area contributed by atoms with Crippen LogP contribution in [0.5, 0.6) is 0 Å². The van der Waals surface area contributed by atoms with Gasteiger partial charge in [0.15, 0.2) is 0 Å². The van der Waals surface area contributed by atoms with Crippen molar-refractivity contribution in [1.82, 2.24) is 5.32 Å². The number of carbonyl (C=O) groups excluding carboxylic acids is 2. The van der Waals surface area contributed by atoms with Crippen LogP contribution >= 0.6 is 24.8 Å². The number of halogens is 2. The molecule has 3 nitrogen and oxygen atoms in total. The summed E-state index contributed by atoms with van der Waals surface area (Å²) < 4.78 is 0. The van der Waals surface area contributed by atoms with E-state index in [0.29, 0.717) is 12.8 Å².